The van der Waals surface area contributed by atoms with E-state index in [4.69, 9.17) is 0 Å². The standard InChI is InChI=1S/C16H27NO2S2/c1-5-17-15(13-8-6-7-11-21(13,18)19)12-9-10-14(20-12)16(2,3)4/h9-10,13,15,17H,5-8,11H2,1-4H3. The Labute approximate surface area is 133 Å². The van der Waals surface area contributed by atoms with Gasteiger partial charge in [0.25, 0.3) is 0 Å². The first-order valence-electron chi connectivity index (χ1n) is 7.81. The molecule has 21 heavy (non-hydrogen) atoms. The molecule has 1 saturated heterocycles. The lowest BCUT2D eigenvalue weighted by Crippen LogP contribution is -2.40. The van der Waals surface area contributed by atoms with E-state index in [1.807, 2.05) is 6.92 Å². The molecule has 5 heteroatoms. The molecule has 3 nitrogen and oxygen atoms in total. The molecule has 1 aliphatic heterocycles. The van der Waals surface area contributed by atoms with Crippen molar-refractivity contribution < 1.29 is 8.42 Å². The van der Waals surface area contributed by atoms with E-state index in [1.165, 1.54) is 4.88 Å². The molecule has 0 spiro atoms. The summed E-state index contributed by atoms with van der Waals surface area (Å²) in [4.78, 5) is 2.48. The summed E-state index contributed by atoms with van der Waals surface area (Å²) in [7, 11) is -2.98. The van der Waals surface area contributed by atoms with E-state index in [1.54, 1.807) is 11.3 Å². The van der Waals surface area contributed by atoms with Gasteiger partial charge in [-0.15, -0.1) is 11.3 Å². The molecule has 0 amide bonds. The van der Waals surface area contributed by atoms with E-state index in [0.29, 0.717) is 5.75 Å². The Morgan fingerprint density at radius 3 is 2.57 bits per heavy atom. The van der Waals surface area contributed by atoms with E-state index in [-0.39, 0.29) is 16.7 Å². The average molecular weight is 330 g/mol. The van der Waals surface area contributed by atoms with E-state index in [2.05, 4.69) is 38.2 Å². The van der Waals surface area contributed by atoms with Crippen LogP contribution in [0.2, 0.25) is 0 Å². The summed E-state index contributed by atoms with van der Waals surface area (Å²) in [6, 6.07) is 4.21. The zero-order chi connectivity index (χ0) is 15.7. The first-order chi connectivity index (χ1) is 9.75. The number of hydrogen-bond acceptors (Lipinski definition) is 4. The molecule has 2 atom stereocenters. The molecule has 0 bridgehead atoms. The third kappa shape index (κ3) is 3.88. The Kier molecular flexibility index (Phi) is 5.16. The maximum Gasteiger partial charge on any atom is 0.155 e. The number of hydrogen-bond donors (Lipinski definition) is 1. The van der Waals surface area contributed by atoms with Crippen molar-refractivity contribution >= 4 is 21.2 Å². The second kappa shape index (κ2) is 6.39. The zero-order valence-electron chi connectivity index (χ0n) is 13.5. The van der Waals surface area contributed by atoms with Crippen molar-refractivity contribution in [2.24, 2.45) is 0 Å². The zero-order valence-corrected chi connectivity index (χ0v) is 15.1. The molecule has 0 saturated carbocycles. The van der Waals surface area contributed by atoms with Crippen molar-refractivity contribution in [1.29, 1.82) is 0 Å². The second-order valence-corrected chi connectivity index (χ2v) is 10.3. The average Bonchev–Trinajstić information content (AvgIpc) is 2.85. The maximum atomic E-state index is 12.4. The van der Waals surface area contributed by atoms with Gasteiger partial charge in [-0.2, -0.15) is 0 Å². The molecule has 2 heterocycles. The van der Waals surface area contributed by atoms with E-state index in [0.717, 1.165) is 30.7 Å². The van der Waals surface area contributed by atoms with Crippen LogP contribution in [0.25, 0.3) is 0 Å². The summed E-state index contributed by atoms with van der Waals surface area (Å²) in [5, 5.41) is 3.15. The van der Waals surface area contributed by atoms with Gasteiger partial charge < -0.3 is 5.32 Å². The number of sulfone groups is 1. The van der Waals surface area contributed by atoms with E-state index in [9.17, 15) is 8.42 Å². The first kappa shape index (κ1) is 17.0. The SMILES string of the molecule is CCNC(c1ccc(C(C)(C)C)s1)C1CCCCS1(=O)=O. The Hall–Kier alpha value is -0.390. The fraction of sp³-hybridized carbons (Fsp3) is 0.750. The van der Waals surface area contributed by atoms with Gasteiger partial charge in [0.15, 0.2) is 9.84 Å². The minimum atomic E-state index is -2.98. The van der Waals surface area contributed by atoms with Crippen molar-refractivity contribution in [2.45, 2.75) is 63.7 Å². The van der Waals surface area contributed by atoms with Crippen LogP contribution in [0.4, 0.5) is 0 Å². The Morgan fingerprint density at radius 1 is 1.33 bits per heavy atom. The predicted octanol–water partition coefficient (Wildman–Crippen LogP) is 3.66. The summed E-state index contributed by atoms with van der Waals surface area (Å²) in [6.07, 6.45) is 2.61. The number of rotatable bonds is 4. The van der Waals surface area contributed by atoms with Gasteiger partial charge >= 0.3 is 0 Å². The Balaban J connectivity index is 2.32. The Morgan fingerprint density at radius 2 is 2.05 bits per heavy atom. The van der Waals surface area contributed by atoms with Crippen molar-refractivity contribution in [2.75, 3.05) is 12.3 Å². The quantitative estimate of drug-likeness (QED) is 0.917. The number of nitrogens with one attached hydrogen (secondary N) is 1. The largest absolute Gasteiger partial charge is 0.308 e. The van der Waals surface area contributed by atoms with Crippen LogP contribution in [0.5, 0.6) is 0 Å². The molecule has 1 fully saturated rings. The van der Waals surface area contributed by atoms with Crippen LogP contribution in [-0.2, 0) is 15.3 Å². The van der Waals surface area contributed by atoms with Crippen LogP contribution < -0.4 is 5.32 Å². The van der Waals surface area contributed by atoms with Gasteiger partial charge in [0, 0.05) is 9.75 Å². The van der Waals surface area contributed by atoms with Crippen LogP contribution in [-0.4, -0.2) is 26.0 Å². The van der Waals surface area contributed by atoms with Crippen LogP contribution in [0.3, 0.4) is 0 Å². The van der Waals surface area contributed by atoms with Crippen LogP contribution in [0.1, 0.15) is 62.8 Å². The van der Waals surface area contributed by atoms with Gasteiger partial charge in [-0.25, -0.2) is 8.42 Å². The molecule has 1 aromatic heterocycles. The minimum absolute atomic E-state index is 0.0543. The lowest BCUT2D eigenvalue weighted by Gasteiger charge is -2.30. The molecular weight excluding hydrogens is 302 g/mol. The van der Waals surface area contributed by atoms with Crippen molar-refractivity contribution in [3.8, 4) is 0 Å². The third-order valence-corrected chi connectivity index (χ3v) is 7.98. The van der Waals surface area contributed by atoms with E-state index < -0.39 is 9.84 Å². The van der Waals surface area contributed by atoms with Gasteiger partial charge in [-0.05, 0) is 36.9 Å². The molecule has 1 aromatic rings. The maximum absolute atomic E-state index is 12.4. The normalized spacial score (nSPS) is 23.9. The van der Waals surface area contributed by atoms with Gasteiger partial charge in [0.2, 0.25) is 0 Å². The van der Waals surface area contributed by atoms with Gasteiger partial charge in [0.05, 0.1) is 17.0 Å². The molecule has 1 N–H and O–H groups in total. The third-order valence-electron chi connectivity index (χ3n) is 4.10. The highest BCUT2D eigenvalue weighted by molar-refractivity contribution is 7.92. The predicted molar refractivity (Wildman–Crippen MR) is 90.9 cm³/mol. The highest BCUT2D eigenvalue weighted by Gasteiger charge is 2.37. The lowest BCUT2D eigenvalue weighted by molar-refractivity contribution is 0.458. The highest BCUT2D eigenvalue weighted by Crippen LogP contribution is 2.37. The van der Waals surface area contributed by atoms with Crippen molar-refractivity contribution in [3.05, 3.63) is 21.9 Å². The molecule has 2 rings (SSSR count). The summed E-state index contributed by atoms with van der Waals surface area (Å²) >= 11 is 1.76. The lowest BCUT2D eigenvalue weighted by atomic mass is 9.95. The topological polar surface area (TPSA) is 46.2 Å². The molecule has 120 valence electrons. The second-order valence-electron chi connectivity index (χ2n) is 6.89. The number of thiophene rings is 1. The summed E-state index contributed by atoms with van der Waals surface area (Å²) in [5.41, 5.74) is 0.116. The molecule has 0 aromatic carbocycles. The van der Waals surface area contributed by atoms with Gasteiger partial charge in [-0.3, -0.25) is 0 Å². The van der Waals surface area contributed by atoms with Crippen molar-refractivity contribution in [1.82, 2.24) is 5.32 Å². The fourth-order valence-electron chi connectivity index (χ4n) is 2.91. The molecule has 0 aliphatic carbocycles. The van der Waals surface area contributed by atoms with E-state index >= 15 is 0 Å². The monoisotopic (exact) mass is 329 g/mol. The summed E-state index contributed by atoms with van der Waals surface area (Å²) in [6.45, 7) is 9.42. The molecule has 2 unspecified atom stereocenters. The Bertz CT molecular complexity index is 569. The van der Waals surface area contributed by atoms with Gasteiger partial charge in [0.1, 0.15) is 0 Å². The van der Waals surface area contributed by atoms with Crippen molar-refractivity contribution in [3.63, 3.8) is 0 Å². The molecule has 1 aliphatic rings. The van der Waals surface area contributed by atoms with Crippen LogP contribution >= 0.6 is 11.3 Å². The highest BCUT2D eigenvalue weighted by atomic mass is 32.2. The summed E-state index contributed by atoms with van der Waals surface area (Å²) in [5.74, 6) is 0.344. The summed E-state index contributed by atoms with van der Waals surface area (Å²) < 4.78 is 24.9. The molecule has 0 radical (unpaired) electrons. The minimum Gasteiger partial charge on any atom is -0.308 e. The molecular formula is C16H27NO2S2. The van der Waals surface area contributed by atoms with Gasteiger partial charge in [-0.1, -0.05) is 34.1 Å². The van der Waals surface area contributed by atoms with Crippen LogP contribution in [0.15, 0.2) is 12.1 Å². The first-order valence-corrected chi connectivity index (χ1v) is 10.3. The fourth-order valence-corrected chi connectivity index (χ4v) is 6.30. The van der Waals surface area contributed by atoms with Crippen LogP contribution in [0, 0.1) is 0 Å². The smallest absolute Gasteiger partial charge is 0.155 e.